The monoisotopic (exact) mass is 368 g/mol. The highest BCUT2D eigenvalue weighted by Crippen LogP contribution is 2.30. The second kappa shape index (κ2) is 7.01. The van der Waals surface area contributed by atoms with Crippen LogP contribution in [0, 0.1) is 6.92 Å². The third-order valence-corrected chi connectivity index (χ3v) is 5.77. The highest BCUT2D eigenvalue weighted by Gasteiger charge is 2.34. The number of ether oxygens (including phenoxy) is 1. The predicted molar refractivity (Wildman–Crippen MR) is 99.6 cm³/mol. The van der Waals surface area contributed by atoms with E-state index in [9.17, 15) is 4.79 Å². The number of aryl methyl sites for hydroxylation is 1. The summed E-state index contributed by atoms with van der Waals surface area (Å²) in [7, 11) is 1.43. The Morgan fingerprint density at radius 1 is 1.38 bits per heavy atom. The fraction of sp³-hybridized carbons (Fsp3) is 0.316. The van der Waals surface area contributed by atoms with Crippen molar-refractivity contribution in [2.45, 2.75) is 32.5 Å². The lowest BCUT2D eigenvalue weighted by atomic mass is 10.0. The number of hydrogen-bond donors (Lipinski definition) is 1. The number of thiazole rings is 1. The molecule has 0 bridgehead atoms. The van der Waals surface area contributed by atoms with Gasteiger partial charge in [0.05, 0.1) is 24.8 Å². The molecule has 1 aliphatic rings. The van der Waals surface area contributed by atoms with E-state index < -0.39 is 0 Å². The third kappa shape index (κ3) is 3.15. The molecule has 1 N–H and O–H groups in total. The topological polar surface area (TPSA) is 71.1 Å². The third-order valence-electron chi connectivity index (χ3n) is 4.76. The van der Waals surface area contributed by atoms with E-state index in [1.807, 2.05) is 18.3 Å². The van der Waals surface area contributed by atoms with E-state index in [0.717, 1.165) is 26.8 Å². The first kappa shape index (κ1) is 16.9. The molecule has 0 amide bonds. The molecule has 1 aliphatic heterocycles. The van der Waals surface area contributed by atoms with Gasteiger partial charge < -0.3 is 9.72 Å². The fourth-order valence-corrected chi connectivity index (χ4v) is 4.37. The molecular weight excluding hydrogens is 348 g/mol. The molecule has 0 fully saturated rings. The Hall–Kier alpha value is -2.51. The van der Waals surface area contributed by atoms with Crippen molar-refractivity contribution in [3.63, 3.8) is 0 Å². The van der Waals surface area contributed by atoms with Crippen molar-refractivity contribution < 1.29 is 9.53 Å². The lowest BCUT2D eigenvalue weighted by Gasteiger charge is -2.32. The number of nitrogens with zero attached hydrogens (tertiary/aromatic N) is 3. The molecule has 0 saturated heterocycles. The van der Waals surface area contributed by atoms with Gasteiger partial charge in [0.2, 0.25) is 0 Å². The molecule has 4 rings (SSSR count). The molecule has 2 aromatic heterocycles. The SMILES string of the molecule is COC(=O)[C@@H]1Cc2nc[nH]c2CN1Cc1cnc(-c2ccccc2C)s1. The van der Waals surface area contributed by atoms with Gasteiger partial charge in [-0.15, -0.1) is 11.3 Å². The van der Waals surface area contributed by atoms with E-state index in [0.29, 0.717) is 19.5 Å². The van der Waals surface area contributed by atoms with Gasteiger partial charge in [-0.25, -0.2) is 9.97 Å². The minimum atomic E-state index is -0.320. The van der Waals surface area contributed by atoms with E-state index in [4.69, 9.17) is 4.74 Å². The largest absolute Gasteiger partial charge is 0.468 e. The van der Waals surface area contributed by atoms with Crippen molar-refractivity contribution in [1.82, 2.24) is 19.9 Å². The van der Waals surface area contributed by atoms with Crippen molar-refractivity contribution in [3.8, 4) is 10.6 Å². The number of esters is 1. The molecule has 0 spiro atoms. The van der Waals surface area contributed by atoms with Crippen LogP contribution in [-0.4, -0.2) is 39.0 Å². The average Bonchev–Trinajstić information content (AvgIpc) is 3.30. The first-order valence-corrected chi connectivity index (χ1v) is 9.31. The van der Waals surface area contributed by atoms with Crippen LogP contribution in [0.3, 0.4) is 0 Å². The maximum absolute atomic E-state index is 12.3. The van der Waals surface area contributed by atoms with Crippen LogP contribution in [-0.2, 0) is 29.0 Å². The van der Waals surface area contributed by atoms with E-state index in [1.54, 1.807) is 17.7 Å². The van der Waals surface area contributed by atoms with Crippen LogP contribution in [0.25, 0.3) is 10.6 Å². The van der Waals surface area contributed by atoms with Gasteiger partial charge in [0.1, 0.15) is 11.0 Å². The summed E-state index contributed by atoms with van der Waals surface area (Å²) in [6.45, 7) is 3.39. The summed E-state index contributed by atoms with van der Waals surface area (Å²) in [5.41, 5.74) is 4.37. The lowest BCUT2D eigenvalue weighted by molar-refractivity contribution is -0.148. The normalized spacial score (nSPS) is 17.1. The number of aromatic amines is 1. The molecule has 0 aliphatic carbocycles. The summed E-state index contributed by atoms with van der Waals surface area (Å²) >= 11 is 1.67. The molecule has 3 aromatic rings. The molecule has 0 saturated carbocycles. The second-order valence-corrected chi connectivity index (χ2v) is 7.54. The van der Waals surface area contributed by atoms with Gasteiger partial charge in [0.25, 0.3) is 0 Å². The first-order chi connectivity index (χ1) is 12.7. The zero-order valence-electron chi connectivity index (χ0n) is 14.7. The van der Waals surface area contributed by atoms with E-state index in [-0.39, 0.29) is 12.0 Å². The predicted octanol–water partition coefficient (Wildman–Crippen LogP) is 2.94. The Kier molecular flexibility index (Phi) is 4.57. The molecule has 0 unspecified atom stereocenters. The Labute approximate surface area is 155 Å². The van der Waals surface area contributed by atoms with E-state index >= 15 is 0 Å². The number of imidazole rings is 1. The number of carbonyl (C=O) groups is 1. The summed E-state index contributed by atoms with van der Waals surface area (Å²) in [5, 5.41) is 1.01. The molecule has 134 valence electrons. The summed E-state index contributed by atoms with van der Waals surface area (Å²) < 4.78 is 5.01. The molecule has 7 heteroatoms. The van der Waals surface area contributed by atoms with Crippen LogP contribution in [0.2, 0.25) is 0 Å². The van der Waals surface area contributed by atoms with Gasteiger partial charge in [0, 0.05) is 36.1 Å². The summed E-state index contributed by atoms with van der Waals surface area (Å²) in [6.07, 6.45) is 4.16. The highest BCUT2D eigenvalue weighted by molar-refractivity contribution is 7.15. The van der Waals surface area contributed by atoms with Gasteiger partial charge in [-0.2, -0.15) is 0 Å². The summed E-state index contributed by atoms with van der Waals surface area (Å²) in [4.78, 5) is 27.6. The number of methoxy groups -OCH3 is 1. The van der Waals surface area contributed by atoms with Crippen LogP contribution in [0.1, 0.15) is 21.8 Å². The lowest BCUT2D eigenvalue weighted by Crippen LogP contribution is -2.45. The van der Waals surface area contributed by atoms with Crippen molar-refractivity contribution in [2.24, 2.45) is 0 Å². The van der Waals surface area contributed by atoms with Gasteiger partial charge in [-0.05, 0) is 12.5 Å². The minimum absolute atomic E-state index is 0.220. The Morgan fingerprint density at radius 3 is 3.04 bits per heavy atom. The number of rotatable bonds is 4. The zero-order chi connectivity index (χ0) is 18.1. The molecule has 1 atom stereocenters. The molecule has 1 aromatic carbocycles. The van der Waals surface area contributed by atoms with Crippen molar-refractivity contribution in [3.05, 3.63) is 58.6 Å². The number of H-pyrrole nitrogens is 1. The second-order valence-electron chi connectivity index (χ2n) is 6.42. The van der Waals surface area contributed by atoms with Crippen LogP contribution in [0.5, 0.6) is 0 Å². The van der Waals surface area contributed by atoms with Gasteiger partial charge in [0.15, 0.2) is 0 Å². The number of hydrogen-bond acceptors (Lipinski definition) is 6. The number of benzene rings is 1. The van der Waals surface area contributed by atoms with Gasteiger partial charge in [-0.1, -0.05) is 24.3 Å². The fourth-order valence-electron chi connectivity index (χ4n) is 3.34. The summed E-state index contributed by atoms with van der Waals surface area (Å²) in [5.74, 6) is -0.220. The number of carbonyl (C=O) groups excluding carboxylic acids is 1. The first-order valence-electron chi connectivity index (χ1n) is 8.49. The van der Waals surface area contributed by atoms with Crippen molar-refractivity contribution >= 4 is 17.3 Å². The highest BCUT2D eigenvalue weighted by atomic mass is 32.1. The van der Waals surface area contributed by atoms with Crippen LogP contribution < -0.4 is 0 Å². The summed E-state index contributed by atoms with van der Waals surface area (Å²) in [6, 6.07) is 7.92. The number of aromatic nitrogens is 3. The molecule has 26 heavy (non-hydrogen) atoms. The Bertz CT molecular complexity index is 933. The van der Waals surface area contributed by atoms with Crippen LogP contribution >= 0.6 is 11.3 Å². The standard InChI is InChI=1S/C19H20N4O2S/c1-12-5-3-4-6-14(12)18-20-8-13(26-18)9-23-10-16-15(21-11-22-16)7-17(23)19(24)25-2/h3-6,8,11,17H,7,9-10H2,1-2H3,(H,21,22)/t17-/m0/s1. The van der Waals surface area contributed by atoms with E-state index in [2.05, 4.69) is 38.9 Å². The van der Waals surface area contributed by atoms with Crippen molar-refractivity contribution in [2.75, 3.05) is 7.11 Å². The Balaban J connectivity index is 1.58. The molecule has 3 heterocycles. The van der Waals surface area contributed by atoms with Crippen LogP contribution in [0.4, 0.5) is 0 Å². The van der Waals surface area contributed by atoms with Crippen LogP contribution in [0.15, 0.2) is 36.8 Å². The van der Waals surface area contributed by atoms with Crippen molar-refractivity contribution in [1.29, 1.82) is 0 Å². The maximum Gasteiger partial charge on any atom is 0.323 e. The minimum Gasteiger partial charge on any atom is -0.468 e. The average molecular weight is 368 g/mol. The zero-order valence-corrected chi connectivity index (χ0v) is 15.5. The Morgan fingerprint density at radius 2 is 2.23 bits per heavy atom. The molecule has 0 radical (unpaired) electrons. The van der Waals surface area contributed by atoms with Gasteiger partial charge in [-0.3, -0.25) is 9.69 Å². The maximum atomic E-state index is 12.3. The molecule has 6 nitrogen and oxygen atoms in total. The molecular formula is C19H20N4O2S. The van der Waals surface area contributed by atoms with Gasteiger partial charge >= 0.3 is 5.97 Å². The number of fused-ring (bicyclic) bond motifs is 1. The smallest absolute Gasteiger partial charge is 0.323 e. The quantitative estimate of drug-likeness (QED) is 0.717. The number of nitrogens with one attached hydrogen (secondary N) is 1. The van der Waals surface area contributed by atoms with E-state index in [1.165, 1.54) is 12.7 Å².